The third-order valence-electron chi connectivity index (χ3n) is 4.53. The molecular formula is C15H20N8. The highest BCUT2D eigenvalue weighted by Gasteiger charge is 2.21. The minimum absolute atomic E-state index is 0.787. The first-order valence-electron chi connectivity index (χ1n) is 7.84. The van der Waals surface area contributed by atoms with Crippen LogP contribution in [0.25, 0.3) is 5.65 Å². The van der Waals surface area contributed by atoms with Gasteiger partial charge in [0.1, 0.15) is 6.33 Å². The fraction of sp³-hybridized carbons (Fsp3) is 0.467. The number of anilines is 1. The molecule has 8 nitrogen and oxygen atoms in total. The summed E-state index contributed by atoms with van der Waals surface area (Å²) in [4.78, 5) is 13.3. The third kappa shape index (κ3) is 2.55. The van der Waals surface area contributed by atoms with Crippen LogP contribution < -0.4 is 4.90 Å². The molecule has 8 heteroatoms. The molecule has 4 heterocycles. The number of rotatable bonds is 3. The molecule has 0 unspecified atom stereocenters. The zero-order valence-electron chi connectivity index (χ0n) is 13.4. The van der Waals surface area contributed by atoms with Crippen molar-refractivity contribution in [1.82, 2.24) is 34.7 Å². The second-order valence-corrected chi connectivity index (χ2v) is 5.97. The highest BCUT2D eigenvalue weighted by molar-refractivity contribution is 5.46. The summed E-state index contributed by atoms with van der Waals surface area (Å²) in [6.45, 7) is 9.03. The number of fused-ring (bicyclic) bond motifs is 1. The molecule has 0 spiro atoms. The molecule has 0 saturated carbocycles. The van der Waals surface area contributed by atoms with Crippen LogP contribution >= 0.6 is 0 Å². The molecule has 0 aromatic carbocycles. The van der Waals surface area contributed by atoms with Gasteiger partial charge in [0, 0.05) is 44.0 Å². The van der Waals surface area contributed by atoms with E-state index in [4.69, 9.17) is 0 Å². The second-order valence-electron chi connectivity index (χ2n) is 5.97. The van der Waals surface area contributed by atoms with Crippen molar-refractivity contribution in [2.24, 2.45) is 0 Å². The average Bonchev–Trinajstić information content (AvgIpc) is 3.17. The number of aromatic nitrogens is 6. The fourth-order valence-corrected chi connectivity index (χ4v) is 3.12. The maximum absolute atomic E-state index is 4.29. The first-order chi connectivity index (χ1) is 11.2. The van der Waals surface area contributed by atoms with E-state index in [-0.39, 0.29) is 0 Å². The number of nitrogens with one attached hydrogen (secondary N) is 1. The van der Waals surface area contributed by atoms with Gasteiger partial charge in [-0.05, 0) is 13.8 Å². The Labute approximate surface area is 134 Å². The normalized spacial score (nSPS) is 16.3. The van der Waals surface area contributed by atoms with Crippen LogP contribution in [0.15, 0.2) is 18.7 Å². The fourth-order valence-electron chi connectivity index (χ4n) is 3.12. The van der Waals surface area contributed by atoms with Gasteiger partial charge in [0.25, 0.3) is 0 Å². The first kappa shape index (κ1) is 14.1. The summed E-state index contributed by atoms with van der Waals surface area (Å²) in [6.07, 6.45) is 5.17. The van der Waals surface area contributed by atoms with Crippen molar-refractivity contribution in [2.45, 2.75) is 20.4 Å². The van der Waals surface area contributed by atoms with Crippen LogP contribution in [0.3, 0.4) is 0 Å². The lowest BCUT2D eigenvalue weighted by Crippen LogP contribution is -2.46. The molecular weight excluding hydrogens is 292 g/mol. The monoisotopic (exact) mass is 312 g/mol. The standard InChI is InChI=1S/C15H20N8/c1-11-13(12(2)20-19-11)9-21-3-5-22(6-4-21)15-8-16-7-14-17-10-18-23(14)15/h7-8,10H,3-6,9H2,1-2H3,(H,19,20). The number of nitrogens with zero attached hydrogens (tertiary/aromatic N) is 7. The maximum Gasteiger partial charge on any atom is 0.175 e. The lowest BCUT2D eigenvalue weighted by Gasteiger charge is -2.35. The summed E-state index contributed by atoms with van der Waals surface area (Å²) in [6, 6.07) is 0. The number of piperazine rings is 1. The van der Waals surface area contributed by atoms with Crippen molar-refractivity contribution >= 4 is 11.5 Å². The van der Waals surface area contributed by atoms with Crippen molar-refractivity contribution in [1.29, 1.82) is 0 Å². The molecule has 1 fully saturated rings. The SMILES string of the molecule is Cc1n[nH]c(C)c1CN1CCN(c2cncc3ncnn23)CC1. The van der Waals surface area contributed by atoms with E-state index >= 15 is 0 Å². The molecule has 0 atom stereocenters. The van der Waals surface area contributed by atoms with Crippen molar-refractivity contribution in [3.63, 3.8) is 0 Å². The Morgan fingerprint density at radius 2 is 1.96 bits per heavy atom. The molecule has 1 saturated heterocycles. The molecule has 3 aromatic rings. The van der Waals surface area contributed by atoms with Crippen molar-refractivity contribution in [3.05, 3.63) is 35.7 Å². The van der Waals surface area contributed by atoms with Gasteiger partial charge in [0.2, 0.25) is 0 Å². The lowest BCUT2D eigenvalue weighted by molar-refractivity contribution is 0.248. The van der Waals surface area contributed by atoms with Gasteiger partial charge in [-0.3, -0.25) is 15.0 Å². The second kappa shape index (κ2) is 5.62. The maximum atomic E-state index is 4.29. The molecule has 1 aliphatic heterocycles. The zero-order chi connectivity index (χ0) is 15.8. The van der Waals surface area contributed by atoms with Gasteiger partial charge in [-0.25, -0.2) is 4.98 Å². The summed E-state index contributed by atoms with van der Waals surface area (Å²) in [5.41, 5.74) is 4.37. The van der Waals surface area contributed by atoms with Crippen LogP contribution in [0.4, 0.5) is 5.82 Å². The molecule has 4 rings (SSSR count). The quantitative estimate of drug-likeness (QED) is 0.770. The van der Waals surface area contributed by atoms with E-state index in [0.717, 1.165) is 49.9 Å². The van der Waals surface area contributed by atoms with E-state index in [9.17, 15) is 0 Å². The molecule has 120 valence electrons. The average molecular weight is 312 g/mol. The Morgan fingerprint density at radius 3 is 2.70 bits per heavy atom. The Morgan fingerprint density at radius 1 is 1.13 bits per heavy atom. The highest BCUT2D eigenvalue weighted by atomic mass is 15.4. The topological polar surface area (TPSA) is 78.2 Å². The summed E-state index contributed by atoms with van der Waals surface area (Å²) >= 11 is 0. The summed E-state index contributed by atoms with van der Waals surface area (Å²) in [5, 5.41) is 11.6. The van der Waals surface area contributed by atoms with Crippen LogP contribution in [0.5, 0.6) is 0 Å². The van der Waals surface area contributed by atoms with Crippen LogP contribution in [-0.4, -0.2) is 60.9 Å². The smallest absolute Gasteiger partial charge is 0.175 e. The lowest BCUT2D eigenvalue weighted by atomic mass is 10.1. The number of hydrogen-bond donors (Lipinski definition) is 1. The first-order valence-corrected chi connectivity index (χ1v) is 7.84. The Balaban J connectivity index is 1.46. The van der Waals surface area contributed by atoms with Gasteiger partial charge < -0.3 is 4.90 Å². The molecule has 1 N–H and O–H groups in total. The van der Waals surface area contributed by atoms with Crippen LogP contribution in [0.1, 0.15) is 17.0 Å². The van der Waals surface area contributed by atoms with E-state index < -0.39 is 0 Å². The zero-order valence-corrected chi connectivity index (χ0v) is 13.4. The molecule has 0 radical (unpaired) electrons. The van der Waals surface area contributed by atoms with E-state index in [1.807, 2.05) is 10.7 Å². The molecule has 0 bridgehead atoms. The summed E-state index contributed by atoms with van der Waals surface area (Å²) in [5.74, 6) is 1.01. The number of H-pyrrole nitrogens is 1. The number of aryl methyl sites for hydroxylation is 2. The minimum atomic E-state index is 0.787. The van der Waals surface area contributed by atoms with Gasteiger partial charge in [-0.2, -0.15) is 14.7 Å². The van der Waals surface area contributed by atoms with Crippen LogP contribution in [-0.2, 0) is 6.54 Å². The summed E-state index contributed by atoms with van der Waals surface area (Å²) in [7, 11) is 0. The Bertz CT molecular complexity index is 792. The third-order valence-corrected chi connectivity index (χ3v) is 4.53. The summed E-state index contributed by atoms with van der Waals surface area (Å²) < 4.78 is 1.85. The van der Waals surface area contributed by atoms with Crippen LogP contribution in [0, 0.1) is 13.8 Å². The van der Waals surface area contributed by atoms with E-state index in [1.54, 1.807) is 12.5 Å². The van der Waals surface area contributed by atoms with E-state index in [1.165, 1.54) is 11.3 Å². The largest absolute Gasteiger partial charge is 0.353 e. The van der Waals surface area contributed by atoms with Crippen molar-refractivity contribution < 1.29 is 0 Å². The molecule has 23 heavy (non-hydrogen) atoms. The van der Waals surface area contributed by atoms with Gasteiger partial charge in [-0.1, -0.05) is 0 Å². The van der Waals surface area contributed by atoms with Gasteiger partial charge in [0.15, 0.2) is 11.5 Å². The van der Waals surface area contributed by atoms with Gasteiger partial charge >= 0.3 is 0 Å². The van der Waals surface area contributed by atoms with E-state index in [2.05, 4.69) is 48.9 Å². The van der Waals surface area contributed by atoms with Crippen molar-refractivity contribution in [3.8, 4) is 0 Å². The Kier molecular flexibility index (Phi) is 3.45. The molecule has 0 amide bonds. The number of hydrogen-bond acceptors (Lipinski definition) is 6. The van der Waals surface area contributed by atoms with Crippen molar-refractivity contribution in [2.75, 3.05) is 31.1 Å². The van der Waals surface area contributed by atoms with E-state index in [0.29, 0.717) is 0 Å². The highest BCUT2D eigenvalue weighted by Crippen LogP contribution is 2.18. The minimum Gasteiger partial charge on any atom is -0.353 e. The Hall–Kier alpha value is -2.48. The predicted molar refractivity (Wildman–Crippen MR) is 86.3 cm³/mol. The predicted octanol–water partition coefficient (Wildman–Crippen LogP) is 0.786. The molecule has 1 aliphatic rings. The van der Waals surface area contributed by atoms with Crippen LogP contribution in [0.2, 0.25) is 0 Å². The molecule has 3 aromatic heterocycles. The van der Waals surface area contributed by atoms with Gasteiger partial charge in [0.05, 0.1) is 18.1 Å². The van der Waals surface area contributed by atoms with Gasteiger partial charge in [-0.15, -0.1) is 0 Å². The number of aromatic amines is 1. The molecule has 0 aliphatic carbocycles.